The van der Waals surface area contributed by atoms with E-state index in [0.717, 1.165) is 0 Å². The molecule has 0 aliphatic carbocycles. The second-order valence-electron chi connectivity index (χ2n) is 4.71. The van der Waals surface area contributed by atoms with Crippen molar-refractivity contribution in [2.45, 2.75) is 12.8 Å². The van der Waals surface area contributed by atoms with Gasteiger partial charge in [-0.3, -0.25) is 10.1 Å². The highest BCUT2D eigenvalue weighted by Crippen LogP contribution is 2.30. The Balaban J connectivity index is 1.91. The third-order valence-electron chi connectivity index (χ3n) is 3.43. The van der Waals surface area contributed by atoms with Gasteiger partial charge < -0.3 is 15.2 Å². The lowest BCUT2D eigenvalue weighted by atomic mass is 9.80. The van der Waals surface area contributed by atoms with Crippen LogP contribution in [0.3, 0.4) is 0 Å². The first kappa shape index (κ1) is 14.3. The van der Waals surface area contributed by atoms with E-state index in [1.165, 1.54) is 11.0 Å². The maximum absolute atomic E-state index is 11.7. The molecule has 1 fully saturated rings. The number of anilines is 1. The quantitative estimate of drug-likeness (QED) is 0.705. The van der Waals surface area contributed by atoms with Crippen LogP contribution in [0.15, 0.2) is 6.33 Å². The summed E-state index contributed by atoms with van der Waals surface area (Å²) in [6.07, 6.45) is 2.08. The van der Waals surface area contributed by atoms with Crippen LogP contribution in [0.25, 0.3) is 0 Å². The molecule has 3 N–H and O–H groups in total. The molecule has 20 heavy (non-hydrogen) atoms. The molecule has 0 unspecified atom stereocenters. The molecular weight excluding hydrogens is 266 g/mol. The maximum Gasteiger partial charge on any atom is 0.321 e. The van der Waals surface area contributed by atoms with Crippen LogP contribution in [0.2, 0.25) is 0 Å². The Morgan fingerprint density at radius 2 is 2.20 bits per heavy atom. The van der Waals surface area contributed by atoms with Crippen LogP contribution < -0.4 is 10.6 Å². The van der Waals surface area contributed by atoms with Crippen molar-refractivity contribution in [2.75, 3.05) is 25.1 Å². The largest absolute Gasteiger partial charge is 0.481 e. The number of nitrogens with zero attached hydrogens (tertiary/aromatic N) is 3. The van der Waals surface area contributed by atoms with Gasteiger partial charge in [0.05, 0.1) is 5.41 Å². The Hall–Kier alpha value is -2.16. The number of carbonyl (C=O) groups excluding carboxylic acids is 1. The first-order chi connectivity index (χ1) is 9.53. The molecule has 9 nitrogen and oxygen atoms in total. The standard InChI is InChI=1S/C11H17N5O4/c1-16-9(13-7-14-16)15-10(19)12-6-11(8(17)18)2-4-20-5-3-11/h7H,2-6H2,1H3,(H,17,18)(H2,12,13,14,15,19). The van der Waals surface area contributed by atoms with E-state index >= 15 is 0 Å². The van der Waals surface area contributed by atoms with Gasteiger partial charge in [-0.2, -0.15) is 10.1 Å². The summed E-state index contributed by atoms with van der Waals surface area (Å²) in [6, 6.07) is -0.506. The number of rotatable bonds is 4. The number of aromatic nitrogens is 3. The Kier molecular flexibility index (Phi) is 4.18. The summed E-state index contributed by atoms with van der Waals surface area (Å²) < 4.78 is 6.57. The van der Waals surface area contributed by atoms with Crippen molar-refractivity contribution in [3.8, 4) is 0 Å². The number of ether oxygens (including phenoxy) is 1. The molecule has 1 aromatic rings. The van der Waals surface area contributed by atoms with E-state index in [1.807, 2.05) is 0 Å². The van der Waals surface area contributed by atoms with Gasteiger partial charge >= 0.3 is 12.0 Å². The molecule has 9 heteroatoms. The SMILES string of the molecule is Cn1ncnc1NC(=O)NCC1(C(=O)O)CCOCC1. The number of nitrogens with one attached hydrogen (secondary N) is 2. The average molecular weight is 283 g/mol. The van der Waals surface area contributed by atoms with Crippen molar-refractivity contribution >= 4 is 17.9 Å². The smallest absolute Gasteiger partial charge is 0.321 e. The highest BCUT2D eigenvalue weighted by Gasteiger charge is 2.40. The molecule has 2 amide bonds. The fraction of sp³-hybridized carbons (Fsp3) is 0.636. The lowest BCUT2D eigenvalue weighted by Gasteiger charge is -2.33. The summed E-state index contributed by atoms with van der Waals surface area (Å²) in [7, 11) is 1.64. The zero-order valence-electron chi connectivity index (χ0n) is 11.1. The van der Waals surface area contributed by atoms with E-state index in [4.69, 9.17) is 4.74 Å². The molecule has 2 rings (SSSR count). The molecule has 110 valence electrons. The van der Waals surface area contributed by atoms with E-state index in [2.05, 4.69) is 20.7 Å². The molecule has 0 radical (unpaired) electrons. The number of hydrogen-bond donors (Lipinski definition) is 3. The van der Waals surface area contributed by atoms with Gasteiger partial charge in [-0.15, -0.1) is 0 Å². The highest BCUT2D eigenvalue weighted by atomic mass is 16.5. The number of hydrogen-bond acceptors (Lipinski definition) is 5. The molecule has 1 aromatic heterocycles. The van der Waals surface area contributed by atoms with Crippen molar-refractivity contribution in [1.29, 1.82) is 0 Å². The lowest BCUT2D eigenvalue weighted by molar-refractivity contribution is -0.154. The molecule has 0 spiro atoms. The summed E-state index contributed by atoms with van der Waals surface area (Å²) in [6.45, 7) is 0.827. The summed E-state index contributed by atoms with van der Waals surface area (Å²) >= 11 is 0. The first-order valence-electron chi connectivity index (χ1n) is 6.23. The third kappa shape index (κ3) is 3.05. The summed E-state index contributed by atoms with van der Waals surface area (Å²) in [5, 5.41) is 18.2. The number of aliphatic carboxylic acids is 1. The van der Waals surface area contributed by atoms with Crippen molar-refractivity contribution in [3.63, 3.8) is 0 Å². The number of carboxylic acids is 1. The van der Waals surface area contributed by atoms with Gasteiger partial charge in [-0.05, 0) is 12.8 Å². The highest BCUT2D eigenvalue weighted by molar-refractivity contribution is 5.88. The molecule has 1 aliphatic rings. The van der Waals surface area contributed by atoms with Gasteiger partial charge in [0, 0.05) is 26.8 Å². The van der Waals surface area contributed by atoms with Crippen LogP contribution in [0.1, 0.15) is 12.8 Å². The first-order valence-corrected chi connectivity index (χ1v) is 6.23. The van der Waals surface area contributed by atoms with Crippen molar-refractivity contribution in [1.82, 2.24) is 20.1 Å². The van der Waals surface area contributed by atoms with Crippen LogP contribution in [0.5, 0.6) is 0 Å². The second-order valence-corrected chi connectivity index (χ2v) is 4.71. The van der Waals surface area contributed by atoms with Gasteiger partial charge in [0.2, 0.25) is 5.95 Å². The second kappa shape index (κ2) is 5.87. The fourth-order valence-electron chi connectivity index (χ4n) is 2.03. The number of amides is 2. The van der Waals surface area contributed by atoms with Crippen LogP contribution in [-0.4, -0.2) is 51.6 Å². The third-order valence-corrected chi connectivity index (χ3v) is 3.43. The minimum absolute atomic E-state index is 0.0510. The lowest BCUT2D eigenvalue weighted by Crippen LogP contribution is -2.47. The Bertz CT molecular complexity index is 495. The van der Waals surface area contributed by atoms with E-state index < -0.39 is 17.4 Å². The molecule has 0 aromatic carbocycles. The molecule has 1 aliphatic heterocycles. The van der Waals surface area contributed by atoms with Gasteiger partial charge in [-0.25, -0.2) is 9.48 Å². The molecule has 0 saturated carbocycles. The van der Waals surface area contributed by atoms with Gasteiger partial charge in [-0.1, -0.05) is 0 Å². The maximum atomic E-state index is 11.7. The van der Waals surface area contributed by atoms with E-state index in [0.29, 0.717) is 32.0 Å². The minimum Gasteiger partial charge on any atom is -0.481 e. The minimum atomic E-state index is -0.963. The monoisotopic (exact) mass is 283 g/mol. The van der Waals surface area contributed by atoms with Crippen molar-refractivity contribution < 1.29 is 19.4 Å². The topological polar surface area (TPSA) is 118 Å². The van der Waals surface area contributed by atoms with Gasteiger partial charge in [0.25, 0.3) is 0 Å². The normalized spacial score (nSPS) is 17.4. The molecule has 0 atom stereocenters. The van der Waals surface area contributed by atoms with E-state index in [9.17, 15) is 14.7 Å². The predicted molar refractivity (Wildman–Crippen MR) is 68.1 cm³/mol. The number of urea groups is 1. The average Bonchev–Trinajstić information content (AvgIpc) is 2.83. The predicted octanol–water partition coefficient (Wildman–Crippen LogP) is -0.182. The van der Waals surface area contributed by atoms with E-state index in [-0.39, 0.29) is 6.54 Å². The number of carboxylic acid groups (broad SMARTS) is 1. The molecular formula is C11H17N5O4. The number of carbonyl (C=O) groups is 2. The van der Waals surface area contributed by atoms with Crippen molar-refractivity contribution in [3.05, 3.63) is 6.33 Å². The van der Waals surface area contributed by atoms with Crippen LogP contribution in [0, 0.1) is 5.41 Å². The van der Waals surface area contributed by atoms with Crippen LogP contribution in [0.4, 0.5) is 10.7 Å². The van der Waals surface area contributed by atoms with Crippen LogP contribution >= 0.6 is 0 Å². The van der Waals surface area contributed by atoms with Crippen molar-refractivity contribution in [2.24, 2.45) is 12.5 Å². The molecule has 0 bridgehead atoms. The fourth-order valence-corrected chi connectivity index (χ4v) is 2.03. The van der Waals surface area contributed by atoms with Gasteiger partial charge in [0.15, 0.2) is 0 Å². The zero-order valence-corrected chi connectivity index (χ0v) is 11.1. The van der Waals surface area contributed by atoms with E-state index in [1.54, 1.807) is 7.05 Å². The number of aryl methyl sites for hydroxylation is 1. The summed E-state index contributed by atoms with van der Waals surface area (Å²) in [5.74, 6) is -0.626. The zero-order chi connectivity index (χ0) is 14.6. The van der Waals surface area contributed by atoms with Gasteiger partial charge in [0.1, 0.15) is 6.33 Å². The Labute approximate surface area is 115 Å². The Morgan fingerprint density at radius 1 is 1.50 bits per heavy atom. The summed E-state index contributed by atoms with van der Waals surface area (Å²) in [5.41, 5.74) is -0.963. The summed E-state index contributed by atoms with van der Waals surface area (Å²) in [4.78, 5) is 27.0. The van der Waals surface area contributed by atoms with Crippen LogP contribution in [-0.2, 0) is 16.6 Å². The Morgan fingerprint density at radius 3 is 2.75 bits per heavy atom. The molecule has 1 saturated heterocycles. The molecule has 2 heterocycles.